The van der Waals surface area contributed by atoms with E-state index in [0.29, 0.717) is 0 Å². The minimum atomic E-state index is -1.03. The van der Waals surface area contributed by atoms with Crippen LogP contribution < -0.4 is 0 Å². The van der Waals surface area contributed by atoms with E-state index in [-0.39, 0.29) is 10.6 Å². The molecule has 0 saturated heterocycles. The molecule has 0 bridgehead atoms. The predicted octanol–water partition coefficient (Wildman–Crippen LogP) is 3.06. The molecule has 0 aliphatic carbocycles. The number of aryl methyl sites for hydroxylation is 2. The van der Waals surface area contributed by atoms with Crippen LogP contribution in [-0.2, 0) is 7.05 Å². The van der Waals surface area contributed by atoms with E-state index < -0.39 is 5.97 Å². The molecule has 5 heteroatoms. The zero-order valence-electron chi connectivity index (χ0n) is 10.4. The summed E-state index contributed by atoms with van der Waals surface area (Å²) >= 11 is 5.86. The van der Waals surface area contributed by atoms with Crippen LogP contribution in [0.4, 0.5) is 0 Å². The second-order valence-corrected chi connectivity index (χ2v) is 4.58. The molecule has 94 valence electrons. The van der Waals surface area contributed by atoms with Crippen LogP contribution in [0.2, 0.25) is 5.02 Å². The van der Waals surface area contributed by atoms with Crippen molar-refractivity contribution < 1.29 is 9.90 Å². The summed E-state index contributed by atoms with van der Waals surface area (Å²) in [5, 5.41) is 13.6. The van der Waals surface area contributed by atoms with E-state index in [2.05, 4.69) is 5.10 Å². The molecule has 1 N–H and O–H groups in total. The summed E-state index contributed by atoms with van der Waals surface area (Å²) in [5.41, 5.74) is 3.74. The molecule has 1 heterocycles. The molecular formula is C13H13ClN2O2. The maximum Gasteiger partial charge on any atom is 0.337 e. The lowest BCUT2D eigenvalue weighted by molar-refractivity contribution is 0.0697. The largest absolute Gasteiger partial charge is 0.478 e. The number of aromatic carboxylic acids is 1. The standard InChI is InChI=1S/C13H13ClN2O2/c1-7-12(8(2)16(3)15-7)9-4-5-11(14)10(6-9)13(17)18/h4-6H,1-3H3,(H,17,18). The van der Waals surface area contributed by atoms with Crippen molar-refractivity contribution in [3.63, 3.8) is 0 Å². The number of rotatable bonds is 2. The Morgan fingerprint density at radius 1 is 1.39 bits per heavy atom. The van der Waals surface area contributed by atoms with Crippen molar-refractivity contribution in [2.24, 2.45) is 7.05 Å². The van der Waals surface area contributed by atoms with Gasteiger partial charge < -0.3 is 5.11 Å². The average Bonchev–Trinajstić information content (AvgIpc) is 2.54. The summed E-state index contributed by atoms with van der Waals surface area (Å²) in [6.45, 7) is 3.85. The minimum absolute atomic E-state index is 0.108. The van der Waals surface area contributed by atoms with Crippen molar-refractivity contribution in [2.75, 3.05) is 0 Å². The molecule has 0 spiro atoms. The van der Waals surface area contributed by atoms with E-state index in [9.17, 15) is 4.79 Å². The lowest BCUT2D eigenvalue weighted by Gasteiger charge is -2.05. The summed E-state index contributed by atoms with van der Waals surface area (Å²) in [6.07, 6.45) is 0. The maximum absolute atomic E-state index is 11.1. The molecule has 0 aliphatic rings. The summed E-state index contributed by atoms with van der Waals surface area (Å²) in [7, 11) is 1.86. The normalized spacial score (nSPS) is 10.7. The number of carbonyl (C=O) groups is 1. The van der Waals surface area contributed by atoms with Crippen LogP contribution in [0, 0.1) is 13.8 Å². The Morgan fingerprint density at radius 2 is 2.06 bits per heavy atom. The second kappa shape index (κ2) is 4.46. The van der Waals surface area contributed by atoms with Gasteiger partial charge in [-0.15, -0.1) is 0 Å². The van der Waals surface area contributed by atoms with Crippen molar-refractivity contribution in [3.8, 4) is 11.1 Å². The van der Waals surface area contributed by atoms with Crippen LogP contribution in [-0.4, -0.2) is 20.9 Å². The van der Waals surface area contributed by atoms with Gasteiger partial charge in [-0.3, -0.25) is 4.68 Å². The van der Waals surface area contributed by atoms with Gasteiger partial charge in [-0.2, -0.15) is 5.10 Å². The van der Waals surface area contributed by atoms with Gasteiger partial charge in [-0.25, -0.2) is 4.79 Å². The molecule has 0 unspecified atom stereocenters. The number of nitrogens with zero attached hydrogens (tertiary/aromatic N) is 2. The van der Waals surface area contributed by atoms with Gasteiger partial charge in [0, 0.05) is 18.3 Å². The SMILES string of the molecule is Cc1nn(C)c(C)c1-c1ccc(Cl)c(C(=O)O)c1. The molecule has 2 rings (SSSR count). The first-order valence-electron chi connectivity index (χ1n) is 5.45. The summed E-state index contributed by atoms with van der Waals surface area (Å²) in [5.74, 6) is -1.03. The van der Waals surface area contributed by atoms with E-state index >= 15 is 0 Å². The fourth-order valence-corrected chi connectivity index (χ4v) is 2.23. The number of halogens is 1. The molecule has 0 atom stereocenters. The van der Waals surface area contributed by atoms with E-state index in [1.54, 1.807) is 16.8 Å². The first-order chi connectivity index (χ1) is 8.41. The highest BCUT2D eigenvalue weighted by atomic mass is 35.5. The zero-order chi connectivity index (χ0) is 13.4. The fraction of sp³-hybridized carbons (Fsp3) is 0.231. The van der Waals surface area contributed by atoms with Gasteiger partial charge in [0.25, 0.3) is 0 Å². The number of aromatic nitrogens is 2. The van der Waals surface area contributed by atoms with Gasteiger partial charge in [0.05, 0.1) is 16.3 Å². The van der Waals surface area contributed by atoms with Crippen molar-refractivity contribution in [3.05, 3.63) is 40.2 Å². The lowest BCUT2D eigenvalue weighted by Crippen LogP contribution is -1.98. The van der Waals surface area contributed by atoms with Crippen LogP contribution in [0.3, 0.4) is 0 Å². The van der Waals surface area contributed by atoms with Gasteiger partial charge in [0.2, 0.25) is 0 Å². The van der Waals surface area contributed by atoms with Gasteiger partial charge in [0.15, 0.2) is 0 Å². The van der Waals surface area contributed by atoms with E-state index in [0.717, 1.165) is 22.5 Å². The number of hydrogen-bond donors (Lipinski definition) is 1. The van der Waals surface area contributed by atoms with Crippen LogP contribution in [0.25, 0.3) is 11.1 Å². The Kier molecular flexibility index (Phi) is 3.13. The Morgan fingerprint density at radius 3 is 2.56 bits per heavy atom. The number of carboxylic acid groups (broad SMARTS) is 1. The average molecular weight is 265 g/mol. The Balaban J connectivity index is 2.65. The Bertz CT molecular complexity index is 632. The quantitative estimate of drug-likeness (QED) is 0.907. The first-order valence-corrected chi connectivity index (χ1v) is 5.83. The Hall–Kier alpha value is -1.81. The third kappa shape index (κ3) is 1.99. The highest BCUT2D eigenvalue weighted by Crippen LogP contribution is 2.29. The van der Waals surface area contributed by atoms with Gasteiger partial charge in [0.1, 0.15) is 0 Å². The molecule has 18 heavy (non-hydrogen) atoms. The summed E-state index contributed by atoms with van der Waals surface area (Å²) in [6, 6.07) is 5.00. The van der Waals surface area contributed by atoms with E-state index in [1.165, 1.54) is 0 Å². The van der Waals surface area contributed by atoms with Crippen LogP contribution >= 0.6 is 11.6 Å². The third-order valence-corrected chi connectivity index (χ3v) is 3.32. The number of benzene rings is 1. The molecule has 0 fully saturated rings. The predicted molar refractivity (Wildman–Crippen MR) is 70.1 cm³/mol. The molecule has 0 aliphatic heterocycles. The lowest BCUT2D eigenvalue weighted by atomic mass is 10.0. The number of carboxylic acids is 1. The number of hydrogen-bond acceptors (Lipinski definition) is 2. The third-order valence-electron chi connectivity index (χ3n) is 2.99. The highest BCUT2D eigenvalue weighted by Gasteiger charge is 2.15. The molecule has 4 nitrogen and oxygen atoms in total. The van der Waals surface area contributed by atoms with Crippen LogP contribution in [0.5, 0.6) is 0 Å². The van der Waals surface area contributed by atoms with Crippen molar-refractivity contribution >= 4 is 17.6 Å². The zero-order valence-corrected chi connectivity index (χ0v) is 11.1. The van der Waals surface area contributed by atoms with Crippen molar-refractivity contribution in [2.45, 2.75) is 13.8 Å². The van der Waals surface area contributed by atoms with Gasteiger partial charge in [-0.05, 0) is 31.5 Å². The van der Waals surface area contributed by atoms with Crippen molar-refractivity contribution in [1.29, 1.82) is 0 Å². The highest BCUT2D eigenvalue weighted by molar-refractivity contribution is 6.33. The molecule has 1 aromatic heterocycles. The molecule has 0 radical (unpaired) electrons. The van der Waals surface area contributed by atoms with Gasteiger partial charge in [-0.1, -0.05) is 17.7 Å². The second-order valence-electron chi connectivity index (χ2n) is 4.17. The van der Waals surface area contributed by atoms with Crippen LogP contribution in [0.1, 0.15) is 21.7 Å². The molecule has 0 saturated carbocycles. The molecule has 2 aromatic rings. The summed E-state index contributed by atoms with van der Waals surface area (Å²) < 4.78 is 1.78. The minimum Gasteiger partial charge on any atom is -0.478 e. The fourth-order valence-electron chi connectivity index (χ4n) is 2.04. The van der Waals surface area contributed by atoms with Crippen LogP contribution in [0.15, 0.2) is 18.2 Å². The van der Waals surface area contributed by atoms with Crippen molar-refractivity contribution in [1.82, 2.24) is 9.78 Å². The smallest absolute Gasteiger partial charge is 0.337 e. The van der Waals surface area contributed by atoms with E-state index in [1.807, 2.05) is 27.0 Å². The monoisotopic (exact) mass is 264 g/mol. The topological polar surface area (TPSA) is 55.1 Å². The molecular weight excluding hydrogens is 252 g/mol. The first kappa shape index (κ1) is 12.6. The van der Waals surface area contributed by atoms with E-state index in [4.69, 9.17) is 16.7 Å². The Labute approximate surface area is 110 Å². The summed E-state index contributed by atoms with van der Waals surface area (Å²) in [4.78, 5) is 11.1. The molecule has 1 aromatic carbocycles. The maximum atomic E-state index is 11.1. The molecule has 0 amide bonds. The van der Waals surface area contributed by atoms with Gasteiger partial charge >= 0.3 is 5.97 Å².